The van der Waals surface area contributed by atoms with Gasteiger partial charge >= 0.3 is 0 Å². The van der Waals surface area contributed by atoms with Crippen LogP contribution >= 0.6 is 11.6 Å². The van der Waals surface area contributed by atoms with Crippen LogP contribution in [-0.4, -0.2) is 19.5 Å². The maximum Gasteiger partial charge on any atom is 0.267 e. The largest absolute Gasteiger partial charge is 0.382 e. The summed E-state index contributed by atoms with van der Waals surface area (Å²) in [5.74, 6) is -2.31. The fraction of sp³-hybridized carbons (Fsp3) is 0.136. The number of nitrogens with one attached hydrogen (secondary N) is 1. The summed E-state index contributed by atoms with van der Waals surface area (Å²) in [6, 6.07) is 8.07. The molecule has 0 saturated heterocycles. The summed E-state index contributed by atoms with van der Waals surface area (Å²) in [5, 5.41) is 12.7. The lowest BCUT2D eigenvalue weighted by atomic mass is 10.1. The van der Waals surface area contributed by atoms with E-state index < -0.39 is 23.2 Å². The second-order valence-electron chi connectivity index (χ2n) is 7.42. The molecule has 5 N–H and O–H groups in total. The van der Waals surface area contributed by atoms with E-state index in [1.165, 1.54) is 19.1 Å². The van der Waals surface area contributed by atoms with E-state index in [1.807, 2.05) is 6.07 Å². The fourth-order valence-electron chi connectivity index (χ4n) is 3.59. The van der Waals surface area contributed by atoms with Crippen LogP contribution in [0.25, 0.3) is 16.6 Å². The van der Waals surface area contributed by atoms with Crippen LogP contribution in [0.3, 0.4) is 0 Å². The Balaban J connectivity index is 2.00. The predicted molar refractivity (Wildman–Crippen MR) is 125 cm³/mol. The molecular weight excluding hydrogens is 466 g/mol. The number of nitrogens with zero attached hydrogens (tertiary/aromatic N) is 5. The van der Waals surface area contributed by atoms with Crippen molar-refractivity contribution in [1.82, 2.24) is 19.5 Å². The third-order valence-electron chi connectivity index (χ3n) is 5.23. The Morgan fingerprint density at radius 3 is 2.62 bits per heavy atom. The van der Waals surface area contributed by atoms with E-state index >= 15 is 0 Å². The van der Waals surface area contributed by atoms with E-state index in [4.69, 9.17) is 23.1 Å². The summed E-state index contributed by atoms with van der Waals surface area (Å²) in [7, 11) is 0. The standard InChI is InChI=1S/C22H17ClF2N8O/c1-9-15(7-6-13(24)17(9)25)33-20(30-14-5-3-4-12(23)16(14)21(33)34)10(2)29-19-11(8-26)18(27)31-22(28)32-19/h3-7,10H,1-2H3,(H5,27,28,29,31,32)/t10-/m0/s1. The second kappa shape index (κ2) is 8.57. The number of halogens is 3. The summed E-state index contributed by atoms with van der Waals surface area (Å²) in [6.45, 7) is 2.98. The van der Waals surface area contributed by atoms with Crippen molar-refractivity contribution in [3.8, 4) is 11.8 Å². The Hall–Kier alpha value is -4.30. The molecule has 0 bridgehead atoms. The molecule has 0 unspecified atom stereocenters. The van der Waals surface area contributed by atoms with Gasteiger partial charge in [0.15, 0.2) is 17.5 Å². The van der Waals surface area contributed by atoms with Crippen molar-refractivity contribution in [2.75, 3.05) is 16.8 Å². The van der Waals surface area contributed by atoms with Crippen LogP contribution in [0.1, 0.15) is 29.9 Å². The third kappa shape index (κ3) is 3.74. The summed E-state index contributed by atoms with van der Waals surface area (Å²) in [5.41, 5.74) is 11.1. The highest BCUT2D eigenvalue weighted by molar-refractivity contribution is 6.35. The maximum absolute atomic E-state index is 14.4. The topological polar surface area (TPSA) is 149 Å². The van der Waals surface area contributed by atoms with Crippen molar-refractivity contribution >= 4 is 40.1 Å². The van der Waals surface area contributed by atoms with Gasteiger partial charge in [0.05, 0.1) is 27.7 Å². The smallest absolute Gasteiger partial charge is 0.267 e. The zero-order chi connectivity index (χ0) is 24.7. The van der Waals surface area contributed by atoms with E-state index in [1.54, 1.807) is 19.1 Å². The van der Waals surface area contributed by atoms with Gasteiger partial charge in [-0.15, -0.1) is 0 Å². The van der Waals surface area contributed by atoms with E-state index in [0.29, 0.717) is 5.52 Å². The zero-order valence-corrected chi connectivity index (χ0v) is 18.7. The molecule has 0 aliphatic carbocycles. The molecule has 0 spiro atoms. The molecule has 0 aliphatic heterocycles. The van der Waals surface area contributed by atoms with Crippen molar-refractivity contribution in [2.45, 2.75) is 19.9 Å². The Kier molecular flexibility index (Phi) is 5.76. The quantitative estimate of drug-likeness (QED) is 0.399. The third-order valence-corrected chi connectivity index (χ3v) is 5.55. The maximum atomic E-state index is 14.4. The molecule has 4 rings (SSSR count). The molecule has 12 heteroatoms. The molecule has 4 aromatic rings. The molecule has 9 nitrogen and oxygen atoms in total. The van der Waals surface area contributed by atoms with Gasteiger partial charge < -0.3 is 16.8 Å². The summed E-state index contributed by atoms with van der Waals surface area (Å²) in [6.07, 6.45) is 0. The van der Waals surface area contributed by atoms with Crippen molar-refractivity contribution < 1.29 is 8.78 Å². The molecule has 2 heterocycles. The van der Waals surface area contributed by atoms with Crippen LogP contribution < -0.4 is 22.3 Å². The molecule has 0 saturated carbocycles. The summed E-state index contributed by atoms with van der Waals surface area (Å²) >= 11 is 6.27. The molecule has 1 atom stereocenters. The number of benzene rings is 2. The number of hydrogen-bond acceptors (Lipinski definition) is 8. The highest BCUT2D eigenvalue weighted by Gasteiger charge is 2.23. The van der Waals surface area contributed by atoms with Gasteiger partial charge in [0.1, 0.15) is 23.3 Å². The lowest BCUT2D eigenvalue weighted by Crippen LogP contribution is -2.28. The lowest BCUT2D eigenvalue weighted by molar-refractivity contribution is 0.501. The normalized spacial score (nSPS) is 11.9. The molecular formula is C22H17ClF2N8O. The van der Waals surface area contributed by atoms with Gasteiger partial charge in [-0.1, -0.05) is 17.7 Å². The second-order valence-corrected chi connectivity index (χ2v) is 7.83. The fourth-order valence-corrected chi connectivity index (χ4v) is 3.84. The predicted octanol–water partition coefficient (Wildman–Crippen LogP) is 3.62. The first-order valence-corrected chi connectivity index (χ1v) is 10.3. The van der Waals surface area contributed by atoms with Gasteiger partial charge in [-0.2, -0.15) is 15.2 Å². The van der Waals surface area contributed by atoms with Gasteiger partial charge in [-0.3, -0.25) is 9.36 Å². The molecule has 0 aliphatic rings. The van der Waals surface area contributed by atoms with Crippen LogP contribution in [0.15, 0.2) is 35.1 Å². The molecule has 0 amide bonds. The minimum atomic E-state index is -1.10. The van der Waals surface area contributed by atoms with Crippen LogP contribution in [0.4, 0.5) is 26.4 Å². The molecule has 0 radical (unpaired) electrons. The van der Waals surface area contributed by atoms with Crippen molar-refractivity contribution in [1.29, 1.82) is 5.26 Å². The van der Waals surface area contributed by atoms with E-state index in [9.17, 15) is 18.8 Å². The minimum absolute atomic E-state index is 0.0222. The monoisotopic (exact) mass is 482 g/mol. The van der Waals surface area contributed by atoms with Crippen LogP contribution in [-0.2, 0) is 0 Å². The van der Waals surface area contributed by atoms with E-state index in [2.05, 4.69) is 20.3 Å². The SMILES string of the molecule is Cc1c(-n2c([C@H](C)Nc3nc(N)nc(N)c3C#N)nc3cccc(Cl)c3c2=O)ccc(F)c1F. The van der Waals surface area contributed by atoms with Gasteiger partial charge in [0.25, 0.3) is 5.56 Å². The van der Waals surface area contributed by atoms with Gasteiger partial charge in [-0.05, 0) is 38.1 Å². The average Bonchev–Trinajstić information content (AvgIpc) is 2.78. The Morgan fingerprint density at radius 2 is 1.91 bits per heavy atom. The average molecular weight is 483 g/mol. The molecule has 2 aromatic carbocycles. The van der Waals surface area contributed by atoms with Gasteiger partial charge in [-0.25, -0.2) is 13.8 Å². The number of anilines is 3. The number of nitriles is 1. The molecule has 0 fully saturated rings. The summed E-state index contributed by atoms with van der Waals surface area (Å²) in [4.78, 5) is 25.9. The highest BCUT2D eigenvalue weighted by atomic mass is 35.5. The van der Waals surface area contributed by atoms with Crippen LogP contribution in [0.5, 0.6) is 0 Å². The van der Waals surface area contributed by atoms with Crippen molar-refractivity contribution in [3.63, 3.8) is 0 Å². The Bertz CT molecular complexity index is 1560. The zero-order valence-electron chi connectivity index (χ0n) is 17.9. The molecule has 2 aromatic heterocycles. The molecule has 172 valence electrons. The van der Waals surface area contributed by atoms with Gasteiger partial charge in [0.2, 0.25) is 5.95 Å². The van der Waals surface area contributed by atoms with Gasteiger partial charge in [0, 0.05) is 5.56 Å². The Morgan fingerprint density at radius 1 is 1.18 bits per heavy atom. The van der Waals surface area contributed by atoms with Crippen LogP contribution in [0.2, 0.25) is 5.02 Å². The number of nitrogens with two attached hydrogens (primary N) is 2. The number of aromatic nitrogens is 4. The number of fused-ring (bicyclic) bond motifs is 1. The van der Waals surface area contributed by atoms with E-state index in [0.717, 1.165) is 10.6 Å². The first kappa shape index (κ1) is 22.9. The highest BCUT2D eigenvalue weighted by Crippen LogP contribution is 2.28. The first-order chi connectivity index (χ1) is 16.1. The van der Waals surface area contributed by atoms with Crippen molar-refractivity contribution in [2.24, 2.45) is 0 Å². The van der Waals surface area contributed by atoms with Crippen molar-refractivity contribution in [3.05, 3.63) is 74.3 Å². The van der Waals surface area contributed by atoms with Crippen LogP contribution in [0, 0.1) is 29.9 Å². The summed E-state index contributed by atoms with van der Waals surface area (Å²) < 4.78 is 29.4. The number of hydrogen-bond donors (Lipinski definition) is 3. The number of rotatable bonds is 4. The minimum Gasteiger partial charge on any atom is -0.382 e. The Labute approximate surface area is 196 Å². The number of nitrogen functional groups attached to an aromatic ring is 2. The van der Waals surface area contributed by atoms with E-state index in [-0.39, 0.29) is 50.6 Å². The first-order valence-electron chi connectivity index (χ1n) is 9.89. The lowest BCUT2D eigenvalue weighted by Gasteiger charge is -2.22. The molecule has 34 heavy (non-hydrogen) atoms.